The maximum atomic E-state index is 12.9. The average molecular weight is 333 g/mol. The van der Waals surface area contributed by atoms with Gasteiger partial charge >= 0.3 is 0 Å². The van der Waals surface area contributed by atoms with Gasteiger partial charge in [0, 0.05) is 13.6 Å². The van der Waals surface area contributed by atoms with Crippen molar-refractivity contribution < 1.29 is 4.79 Å². The predicted molar refractivity (Wildman–Crippen MR) is 99.4 cm³/mol. The third-order valence-corrected chi connectivity index (χ3v) is 4.30. The molecule has 1 amide bonds. The summed E-state index contributed by atoms with van der Waals surface area (Å²) in [6.45, 7) is 3.33. The number of carbonyl (C=O) groups excluding carboxylic acids is 1. The molecule has 1 heterocycles. The molecule has 0 unspecified atom stereocenters. The Hall–Kier alpha value is -2.88. The van der Waals surface area contributed by atoms with Crippen LogP contribution in [0.5, 0.6) is 0 Å². The van der Waals surface area contributed by atoms with Gasteiger partial charge in [0.2, 0.25) is 0 Å². The van der Waals surface area contributed by atoms with Crippen molar-refractivity contribution in [2.24, 2.45) is 0 Å². The Bertz CT molecular complexity index is 825. The zero-order valence-electron chi connectivity index (χ0n) is 14.7. The minimum Gasteiger partial charge on any atom is -0.337 e. The van der Waals surface area contributed by atoms with E-state index in [1.807, 2.05) is 60.3 Å². The molecule has 25 heavy (non-hydrogen) atoms. The van der Waals surface area contributed by atoms with Crippen LogP contribution < -0.4 is 0 Å². The SMILES string of the molecule is CCc1c(C(=O)N(C)Cc2ccccc2)cnn1Cc1ccccc1. The number of carbonyl (C=O) groups is 1. The van der Waals surface area contributed by atoms with Gasteiger partial charge in [0.1, 0.15) is 0 Å². The van der Waals surface area contributed by atoms with E-state index >= 15 is 0 Å². The van der Waals surface area contributed by atoms with Gasteiger partial charge in [-0.3, -0.25) is 9.48 Å². The van der Waals surface area contributed by atoms with Crippen LogP contribution in [0.2, 0.25) is 0 Å². The first-order valence-corrected chi connectivity index (χ1v) is 8.57. The zero-order valence-corrected chi connectivity index (χ0v) is 14.7. The van der Waals surface area contributed by atoms with E-state index < -0.39 is 0 Å². The van der Waals surface area contributed by atoms with E-state index in [2.05, 4.69) is 24.2 Å². The molecule has 2 aromatic carbocycles. The molecule has 0 spiro atoms. The third kappa shape index (κ3) is 3.97. The Kier molecular flexibility index (Phi) is 5.29. The number of amides is 1. The van der Waals surface area contributed by atoms with E-state index in [9.17, 15) is 4.79 Å². The number of rotatable bonds is 6. The summed E-state index contributed by atoms with van der Waals surface area (Å²) in [6.07, 6.45) is 2.47. The van der Waals surface area contributed by atoms with Crippen LogP contribution in [0.15, 0.2) is 66.9 Å². The van der Waals surface area contributed by atoms with Crippen molar-refractivity contribution in [3.05, 3.63) is 89.2 Å². The van der Waals surface area contributed by atoms with E-state index in [1.165, 1.54) is 5.56 Å². The standard InChI is InChI=1S/C21H23N3O/c1-3-20-19(14-22-24(20)16-18-12-8-5-9-13-18)21(25)23(2)15-17-10-6-4-7-11-17/h4-14H,3,15-16H2,1-2H3. The van der Waals surface area contributed by atoms with Crippen LogP contribution in [0.25, 0.3) is 0 Å². The summed E-state index contributed by atoms with van der Waals surface area (Å²) in [5.74, 6) is 0.0139. The molecule has 4 heteroatoms. The Morgan fingerprint density at radius 3 is 2.20 bits per heavy atom. The molecule has 4 nitrogen and oxygen atoms in total. The van der Waals surface area contributed by atoms with E-state index in [-0.39, 0.29) is 5.91 Å². The fourth-order valence-corrected chi connectivity index (χ4v) is 2.99. The van der Waals surface area contributed by atoms with Gasteiger partial charge in [-0.1, -0.05) is 67.6 Å². The first-order chi connectivity index (χ1) is 12.2. The molecular weight excluding hydrogens is 310 g/mol. The van der Waals surface area contributed by atoms with Gasteiger partial charge in [0.05, 0.1) is 24.0 Å². The number of aromatic nitrogens is 2. The molecule has 0 saturated carbocycles. The highest BCUT2D eigenvalue weighted by molar-refractivity contribution is 5.95. The van der Waals surface area contributed by atoms with E-state index in [0.29, 0.717) is 18.7 Å². The molecule has 0 saturated heterocycles. The molecule has 1 aromatic heterocycles. The highest BCUT2D eigenvalue weighted by atomic mass is 16.2. The lowest BCUT2D eigenvalue weighted by atomic mass is 10.1. The monoisotopic (exact) mass is 333 g/mol. The zero-order chi connectivity index (χ0) is 17.6. The Labute approximate surface area is 148 Å². The molecular formula is C21H23N3O. The summed E-state index contributed by atoms with van der Waals surface area (Å²) < 4.78 is 1.93. The Morgan fingerprint density at radius 2 is 1.60 bits per heavy atom. The van der Waals surface area contributed by atoms with Crippen LogP contribution in [0.1, 0.15) is 34.1 Å². The van der Waals surface area contributed by atoms with Crippen molar-refractivity contribution in [3.8, 4) is 0 Å². The fraction of sp³-hybridized carbons (Fsp3) is 0.238. The van der Waals surface area contributed by atoms with Crippen molar-refractivity contribution in [2.75, 3.05) is 7.05 Å². The van der Waals surface area contributed by atoms with Crippen molar-refractivity contribution >= 4 is 5.91 Å². The Balaban J connectivity index is 1.78. The summed E-state index contributed by atoms with van der Waals surface area (Å²) in [6, 6.07) is 20.2. The molecule has 128 valence electrons. The highest BCUT2D eigenvalue weighted by Crippen LogP contribution is 2.15. The lowest BCUT2D eigenvalue weighted by molar-refractivity contribution is 0.0784. The van der Waals surface area contributed by atoms with Crippen LogP contribution >= 0.6 is 0 Å². The summed E-state index contributed by atoms with van der Waals surface area (Å²) in [7, 11) is 1.84. The first-order valence-electron chi connectivity index (χ1n) is 8.57. The van der Waals surface area contributed by atoms with E-state index in [0.717, 1.165) is 17.7 Å². The molecule has 3 aromatic rings. The molecule has 0 aliphatic carbocycles. The second-order valence-electron chi connectivity index (χ2n) is 6.15. The van der Waals surface area contributed by atoms with Crippen LogP contribution in [-0.4, -0.2) is 27.6 Å². The first kappa shape index (κ1) is 17.0. The van der Waals surface area contributed by atoms with Crippen LogP contribution in [0, 0.1) is 0 Å². The van der Waals surface area contributed by atoms with Crippen LogP contribution in [-0.2, 0) is 19.5 Å². The van der Waals surface area contributed by atoms with Gasteiger partial charge in [0.25, 0.3) is 5.91 Å². The molecule has 0 aliphatic rings. The van der Waals surface area contributed by atoms with Crippen LogP contribution in [0.4, 0.5) is 0 Å². The summed E-state index contributed by atoms with van der Waals surface area (Å²) in [4.78, 5) is 14.6. The van der Waals surface area contributed by atoms with E-state index in [4.69, 9.17) is 0 Å². The molecule has 3 rings (SSSR count). The maximum absolute atomic E-state index is 12.9. The van der Waals surface area contributed by atoms with Crippen molar-refractivity contribution in [2.45, 2.75) is 26.4 Å². The normalized spacial score (nSPS) is 10.6. The van der Waals surface area contributed by atoms with Gasteiger partial charge in [-0.15, -0.1) is 0 Å². The quantitative estimate of drug-likeness (QED) is 0.689. The maximum Gasteiger partial charge on any atom is 0.257 e. The minimum atomic E-state index is 0.0139. The molecule has 0 fully saturated rings. The Morgan fingerprint density at radius 1 is 1.00 bits per heavy atom. The number of hydrogen-bond donors (Lipinski definition) is 0. The fourth-order valence-electron chi connectivity index (χ4n) is 2.99. The van der Waals surface area contributed by atoms with E-state index in [1.54, 1.807) is 11.1 Å². The van der Waals surface area contributed by atoms with Crippen molar-refractivity contribution in [1.82, 2.24) is 14.7 Å². The number of hydrogen-bond acceptors (Lipinski definition) is 2. The summed E-state index contributed by atoms with van der Waals surface area (Å²) in [5, 5.41) is 4.46. The largest absolute Gasteiger partial charge is 0.337 e. The lowest BCUT2D eigenvalue weighted by Gasteiger charge is -2.17. The topological polar surface area (TPSA) is 38.1 Å². The van der Waals surface area contributed by atoms with Crippen LogP contribution in [0.3, 0.4) is 0 Å². The average Bonchev–Trinajstić information content (AvgIpc) is 3.05. The van der Waals surface area contributed by atoms with Gasteiger partial charge in [0.15, 0.2) is 0 Å². The molecule has 0 atom stereocenters. The molecule has 0 bridgehead atoms. The van der Waals surface area contributed by atoms with Gasteiger partial charge < -0.3 is 4.90 Å². The number of nitrogens with zero attached hydrogens (tertiary/aromatic N) is 3. The third-order valence-electron chi connectivity index (χ3n) is 4.30. The van der Waals surface area contributed by atoms with Crippen molar-refractivity contribution in [1.29, 1.82) is 0 Å². The molecule has 0 radical (unpaired) electrons. The molecule has 0 aliphatic heterocycles. The van der Waals surface area contributed by atoms with Gasteiger partial charge in [-0.25, -0.2) is 0 Å². The smallest absolute Gasteiger partial charge is 0.257 e. The second-order valence-corrected chi connectivity index (χ2v) is 6.15. The van der Waals surface area contributed by atoms with Crippen molar-refractivity contribution in [3.63, 3.8) is 0 Å². The van der Waals surface area contributed by atoms with Gasteiger partial charge in [-0.05, 0) is 17.5 Å². The van der Waals surface area contributed by atoms with Gasteiger partial charge in [-0.2, -0.15) is 5.10 Å². The number of benzene rings is 2. The summed E-state index contributed by atoms with van der Waals surface area (Å²) in [5.41, 5.74) is 3.97. The second kappa shape index (κ2) is 7.79. The lowest BCUT2D eigenvalue weighted by Crippen LogP contribution is -2.27. The molecule has 0 N–H and O–H groups in total. The minimum absolute atomic E-state index is 0.0139. The highest BCUT2D eigenvalue weighted by Gasteiger charge is 2.19. The summed E-state index contributed by atoms with van der Waals surface area (Å²) >= 11 is 0. The predicted octanol–water partition coefficient (Wildman–Crippen LogP) is 3.77.